The van der Waals surface area contributed by atoms with Crippen molar-refractivity contribution < 1.29 is 32.2 Å². The van der Waals surface area contributed by atoms with Gasteiger partial charge in [-0.3, -0.25) is 4.79 Å². The minimum Gasteiger partial charge on any atom is -0.493 e. The Morgan fingerprint density at radius 2 is 1.71 bits per heavy atom. The molecular formula is C23H22BrF3N4O4. The molecule has 0 spiro atoms. The van der Waals surface area contributed by atoms with Gasteiger partial charge in [0, 0.05) is 34.8 Å². The summed E-state index contributed by atoms with van der Waals surface area (Å²) in [6.45, 7) is 0. The summed E-state index contributed by atoms with van der Waals surface area (Å²) in [5.41, 5.74) is 0.814. The molecule has 186 valence electrons. The van der Waals surface area contributed by atoms with Crippen LogP contribution in [-0.4, -0.2) is 43.2 Å². The van der Waals surface area contributed by atoms with Crippen molar-refractivity contribution >= 4 is 33.3 Å². The summed E-state index contributed by atoms with van der Waals surface area (Å²) < 4.78 is 59.2. The number of alkyl halides is 3. The molecule has 0 aliphatic carbocycles. The number of carbonyl (C=O) groups excluding carboxylic acids is 1. The summed E-state index contributed by atoms with van der Waals surface area (Å²) in [6, 6.07) is 8.85. The Morgan fingerprint density at radius 3 is 2.26 bits per heavy atom. The number of nitrogens with one attached hydrogen (secondary N) is 2. The van der Waals surface area contributed by atoms with Crippen LogP contribution in [0.25, 0.3) is 0 Å². The summed E-state index contributed by atoms with van der Waals surface area (Å²) in [6.07, 6.45) is -4.82. The van der Waals surface area contributed by atoms with Crippen molar-refractivity contribution in [3.05, 3.63) is 58.2 Å². The summed E-state index contributed by atoms with van der Waals surface area (Å²) in [5, 5.41) is 9.68. The fourth-order valence-electron chi connectivity index (χ4n) is 3.95. The van der Waals surface area contributed by atoms with E-state index in [9.17, 15) is 18.0 Å². The van der Waals surface area contributed by atoms with Gasteiger partial charge in [-0.2, -0.15) is 18.3 Å². The molecule has 35 heavy (non-hydrogen) atoms. The van der Waals surface area contributed by atoms with E-state index in [4.69, 9.17) is 14.2 Å². The topological polar surface area (TPSA) is 86.6 Å². The number of methoxy groups -OCH3 is 3. The van der Waals surface area contributed by atoms with Crippen molar-refractivity contribution in [3.63, 3.8) is 0 Å². The summed E-state index contributed by atoms with van der Waals surface area (Å²) >= 11 is 3.33. The Bertz CT molecular complexity index is 1210. The standard InChI is InChI=1S/C23H22BrF3N4O4/c1-33-17-8-14(9-18(34-2)21(17)35-3)28-22(32)16-11-20-29-15(12-4-6-13(24)7-5-12)10-19(23(25,26)27)31(20)30-16/h4-9,11,15,19,29H,10H2,1-3H3,(H,28,32)/t15-,19+/m0/s1. The fourth-order valence-corrected chi connectivity index (χ4v) is 4.21. The Morgan fingerprint density at radius 1 is 1.09 bits per heavy atom. The first-order valence-electron chi connectivity index (χ1n) is 10.4. The minimum atomic E-state index is -4.55. The molecule has 1 amide bonds. The lowest BCUT2D eigenvalue weighted by atomic mass is 9.97. The number of benzene rings is 2. The van der Waals surface area contributed by atoms with Crippen molar-refractivity contribution in [1.82, 2.24) is 9.78 Å². The molecule has 0 fully saturated rings. The largest absolute Gasteiger partial charge is 0.493 e. The Hall–Kier alpha value is -3.41. The number of fused-ring (bicyclic) bond motifs is 1. The first-order chi connectivity index (χ1) is 16.6. The molecular weight excluding hydrogens is 533 g/mol. The SMILES string of the molecule is COc1cc(NC(=O)c2cc3n(n2)[C@@H](C(F)(F)F)C[C@@H](c2ccc(Br)cc2)N3)cc(OC)c1OC. The summed E-state index contributed by atoms with van der Waals surface area (Å²) in [4.78, 5) is 12.9. The van der Waals surface area contributed by atoms with E-state index in [0.29, 0.717) is 28.5 Å². The molecule has 2 atom stereocenters. The van der Waals surface area contributed by atoms with Crippen LogP contribution in [0.4, 0.5) is 24.7 Å². The average molecular weight is 555 g/mol. The van der Waals surface area contributed by atoms with E-state index >= 15 is 0 Å². The second kappa shape index (κ2) is 9.68. The molecule has 2 N–H and O–H groups in total. The van der Waals surface area contributed by atoms with Gasteiger partial charge in [0.15, 0.2) is 23.2 Å². The number of amides is 1. The van der Waals surface area contributed by atoms with Crippen molar-refractivity contribution in [3.8, 4) is 17.2 Å². The molecule has 2 aromatic carbocycles. The molecule has 1 aliphatic heterocycles. The minimum absolute atomic E-state index is 0.0986. The highest BCUT2D eigenvalue weighted by Crippen LogP contribution is 2.44. The van der Waals surface area contributed by atoms with Gasteiger partial charge < -0.3 is 24.8 Å². The average Bonchev–Trinajstić information content (AvgIpc) is 3.27. The van der Waals surface area contributed by atoms with E-state index < -0.39 is 24.2 Å². The third kappa shape index (κ3) is 5.02. The maximum atomic E-state index is 13.9. The maximum absolute atomic E-state index is 13.9. The van der Waals surface area contributed by atoms with Gasteiger partial charge in [-0.15, -0.1) is 0 Å². The number of halogens is 4. The van der Waals surface area contributed by atoms with Gasteiger partial charge in [0.25, 0.3) is 5.91 Å². The second-order valence-corrected chi connectivity index (χ2v) is 8.68. The van der Waals surface area contributed by atoms with E-state index in [1.807, 2.05) is 0 Å². The third-order valence-corrected chi connectivity index (χ3v) is 6.15. The van der Waals surface area contributed by atoms with Gasteiger partial charge in [0.1, 0.15) is 5.82 Å². The highest BCUT2D eigenvalue weighted by molar-refractivity contribution is 9.10. The molecule has 1 aromatic heterocycles. The monoisotopic (exact) mass is 554 g/mol. The van der Waals surface area contributed by atoms with Gasteiger partial charge in [-0.1, -0.05) is 28.1 Å². The number of carbonyl (C=O) groups is 1. The molecule has 0 saturated carbocycles. The van der Waals surface area contributed by atoms with E-state index in [1.54, 1.807) is 24.3 Å². The number of rotatable bonds is 6. The van der Waals surface area contributed by atoms with E-state index in [2.05, 4.69) is 31.7 Å². The number of hydrogen-bond acceptors (Lipinski definition) is 6. The van der Waals surface area contributed by atoms with E-state index in [1.165, 1.54) is 39.5 Å². The van der Waals surface area contributed by atoms with E-state index in [0.717, 1.165) is 9.15 Å². The van der Waals surface area contributed by atoms with Gasteiger partial charge in [-0.05, 0) is 17.7 Å². The Labute approximate surface area is 207 Å². The molecule has 12 heteroatoms. The fraction of sp³-hybridized carbons (Fsp3) is 0.304. The van der Waals surface area contributed by atoms with Crippen LogP contribution < -0.4 is 24.8 Å². The van der Waals surface area contributed by atoms with Crippen LogP contribution in [0.3, 0.4) is 0 Å². The van der Waals surface area contributed by atoms with Crippen LogP contribution in [0.1, 0.15) is 34.6 Å². The Balaban J connectivity index is 1.64. The lowest BCUT2D eigenvalue weighted by molar-refractivity contribution is -0.173. The zero-order valence-corrected chi connectivity index (χ0v) is 20.5. The first-order valence-corrected chi connectivity index (χ1v) is 11.2. The molecule has 0 saturated heterocycles. The number of ether oxygens (including phenoxy) is 3. The van der Waals surface area contributed by atoms with Crippen LogP contribution in [-0.2, 0) is 0 Å². The van der Waals surface area contributed by atoms with Gasteiger partial charge in [0.2, 0.25) is 5.75 Å². The highest BCUT2D eigenvalue weighted by Gasteiger charge is 2.46. The lowest BCUT2D eigenvalue weighted by Crippen LogP contribution is -2.35. The molecule has 0 bridgehead atoms. The van der Waals surface area contributed by atoms with Crippen molar-refractivity contribution in [2.24, 2.45) is 0 Å². The van der Waals surface area contributed by atoms with Crippen LogP contribution in [0.15, 0.2) is 46.9 Å². The second-order valence-electron chi connectivity index (χ2n) is 7.77. The molecule has 3 aromatic rings. The van der Waals surface area contributed by atoms with Crippen LogP contribution in [0.2, 0.25) is 0 Å². The van der Waals surface area contributed by atoms with Crippen LogP contribution in [0.5, 0.6) is 17.2 Å². The number of anilines is 2. The van der Waals surface area contributed by atoms with Crippen LogP contribution >= 0.6 is 15.9 Å². The zero-order chi connectivity index (χ0) is 25.3. The van der Waals surface area contributed by atoms with E-state index in [-0.39, 0.29) is 17.9 Å². The van der Waals surface area contributed by atoms with Gasteiger partial charge in [-0.25, -0.2) is 4.68 Å². The predicted octanol–water partition coefficient (Wildman–Crippen LogP) is 5.58. The van der Waals surface area contributed by atoms with Crippen molar-refractivity contribution in [2.75, 3.05) is 32.0 Å². The zero-order valence-electron chi connectivity index (χ0n) is 18.9. The molecule has 0 unspecified atom stereocenters. The number of nitrogens with zero attached hydrogens (tertiary/aromatic N) is 2. The van der Waals surface area contributed by atoms with Crippen molar-refractivity contribution in [1.29, 1.82) is 0 Å². The predicted molar refractivity (Wildman–Crippen MR) is 126 cm³/mol. The normalized spacial score (nSPS) is 17.2. The third-order valence-electron chi connectivity index (χ3n) is 5.62. The summed E-state index contributed by atoms with van der Waals surface area (Å²) in [7, 11) is 4.30. The molecule has 2 heterocycles. The molecule has 1 aliphatic rings. The van der Waals surface area contributed by atoms with Gasteiger partial charge >= 0.3 is 6.18 Å². The molecule has 8 nitrogen and oxygen atoms in total. The smallest absolute Gasteiger partial charge is 0.410 e. The van der Waals surface area contributed by atoms with Crippen LogP contribution in [0, 0.1) is 0 Å². The maximum Gasteiger partial charge on any atom is 0.410 e. The number of hydrogen-bond donors (Lipinski definition) is 2. The van der Waals surface area contributed by atoms with Crippen molar-refractivity contribution in [2.45, 2.75) is 24.7 Å². The molecule has 0 radical (unpaired) electrons. The Kier molecular flexibility index (Phi) is 6.84. The molecule has 4 rings (SSSR count). The van der Waals surface area contributed by atoms with Gasteiger partial charge in [0.05, 0.1) is 27.4 Å². The quantitative estimate of drug-likeness (QED) is 0.413. The lowest BCUT2D eigenvalue weighted by Gasteiger charge is -2.33. The highest BCUT2D eigenvalue weighted by atomic mass is 79.9. The summed E-state index contributed by atoms with van der Waals surface area (Å²) in [5.74, 6) is 0.358. The first kappa shape index (κ1) is 24.7. The number of aromatic nitrogens is 2.